The molecule has 1 fully saturated rings. The van der Waals surface area contributed by atoms with Crippen LogP contribution >= 0.6 is 0 Å². The molecule has 0 aromatic carbocycles. The van der Waals surface area contributed by atoms with E-state index in [-0.39, 0.29) is 0 Å². The van der Waals surface area contributed by atoms with Gasteiger partial charge in [0.25, 0.3) is 0 Å². The molecular formula is C11H16N2O7. The van der Waals surface area contributed by atoms with Crippen LogP contribution in [0.1, 0.15) is 12.8 Å². The fourth-order valence-corrected chi connectivity index (χ4v) is 2.13. The van der Waals surface area contributed by atoms with E-state index in [1.807, 2.05) is 0 Å². The van der Waals surface area contributed by atoms with E-state index in [1.165, 1.54) is 5.01 Å². The lowest BCUT2D eigenvalue weighted by Crippen LogP contribution is -2.43. The summed E-state index contributed by atoms with van der Waals surface area (Å²) >= 11 is 0. The second kappa shape index (κ2) is 5.75. The second-order valence-electron chi connectivity index (χ2n) is 4.61. The van der Waals surface area contributed by atoms with Crippen LogP contribution in [0, 0.1) is 0 Å². The van der Waals surface area contributed by atoms with Gasteiger partial charge >= 0.3 is 11.9 Å². The Morgan fingerprint density at radius 2 is 2.30 bits per heavy atom. The van der Waals surface area contributed by atoms with Gasteiger partial charge in [0, 0.05) is 6.54 Å². The Morgan fingerprint density at radius 1 is 1.60 bits per heavy atom. The van der Waals surface area contributed by atoms with Crippen LogP contribution in [0.15, 0.2) is 11.5 Å². The molecule has 9 nitrogen and oxygen atoms in total. The standard InChI is InChI=1S/C11H16N2O7/c12-13-3-1-2-5(13)10(17)20-9-7(16)11(18)19-8(9)6(15)4-14/h5-6,8,14-16H,1-4,12H2/t5-,6-,8+/m0/s1. The number of aliphatic hydroxyl groups excluding tert-OH is 3. The summed E-state index contributed by atoms with van der Waals surface area (Å²) < 4.78 is 9.57. The molecule has 0 radical (unpaired) electrons. The maximum absolute atomic E-state index is 11.9. The van der Waals surface area contributed by atoms with Crippen molar-refractivity contribution in [2.45, 2.75) is 31.1 Å². The summed E-state index contributed by atoms with van der Waals surface area (Å²) in [6, 6.07) is -0.682. The fraction of sp³-hybridized carbons (Fsp3) is 0.636. The number of hydrogen-bond donors (Lipinski definition) is 4. The number of esters is 2. The molecule has 112 valence electrons. The lowest BCUT2D eigenvalue weighted by atomic mass is 10.1. The molecule has 0 spiro atoms. The maximum Gasteiger partial charge on any atom is 0.378 e. The van der Waals surface area contributed by atoms with Gasteiger partial charge in [0.05, 0.1) is 6.61 Å². The summed E-state index contributed by atoms with van der Waals surface area (Å²) in [5.74, 6) is 2.34. The lowest BCUT2D eigenvalue weighted by molar-refractivity contribution is -0.153. The summed E-state index contributed by atoms with van der Waals surface area (Å²) in [5.41, 5.74) is 0. The van der Waals surface area contributed by atoms with Gasteiger partial charge in [-0.25, -0.2) is 14.6 Å². The Balaban J connectivity index is 2.12. The van der Waals surface area contributed by atoms with E-state index in [2.05, 4.69) is 4.74 Å². The highest BCUT2D eigenvalue weighted by atomic mass is 16.6. The first kappa shape index (κ1) is 14.7. The van der Waals surface area contributed by atoms with E-state index in [0.717, 1.165) is 6.42 Å². The quantitative estimate of drug-likeness (QED) is 0.338. The minimum atomic E-state index is -1.50. The van der Waals surface area contributed by atoms with Gasteiger partial charge in [0.1, 0.15) is 12.1 Å². The van der Waals surface area contributed by atoms with Gasteiger partial charge < -0.3 is 24.8 Å². The Bertz CT molecular complexity index is 450. The highest BCUT2D eigenvalue weighted by Crippen LogP contribution is 2.26. The molecule has 0 aliphatic carbocycles. The van der Waals surface area contributed by atoms with Gasteiger partial charge in [-0.05, 0) is 12.8 Å². The van der Waals surface area contributed by atoms with Gasteiger partial charge in [-0.2, -0.15) is 0 Å². The zero-order valence-electron chi connectivity index (χ0n) is 10.6. The van der Waals surface area contributed by atoms with Crippen molar-refractivity contribution in [1.29, 1.82) is 0 Å². The fourth-order valence-electron chi connectivity index (χ4n) is 2.13. The number of carbonyl (C=O) groups is 2. The second-order valence-corrected chi connectivity index (χ2v) is 4.61. The summed E-state index contributed by atoms with van der Waals surface area (Å²) in [4.78, 5) is 23.2. The van der Waals surface area contributed by atoms with Crippen LogP contribution in [-0.2, 0) is 19.1 Å². The number of ether oxygens (including phenoxy) is 2. The number of hydrogen-bond acceptors (Lipinski definition) is 9. The van der Waals surface area contributed by atoms with Crippen molar-refractivity contribution in [3.05, 3.63) is 11.5 Å². The molecule has 9 heteroatoms. The third-order valence-corrected chi connectivity index (χ3v) is 3.23. The van der Waals surface area contributed by atoms with E-state index in [1.54, 1.807) is 0 Å². The zero-order chi connectivity index (χ0) is 14.9. The Hall–Kier alpha value is -1.68. The maximum atomic E-state index is 11.9. The van der Waals surface area contributed by atoms with Gasteiger partial charge in [-0.3, -0.25) is 5.84 Å². The molecule has 2 heterocycles. The normalized spacial score (nSPS) is 28.6. The molecule has 0 saturated carbocycles. The SMILES string of the molecule is NN1CCC[C@H]1C(=O)OC1=C(O)C(=O)O[C@@H]1[C@@H](O)CO. The lowest BCUT2D eigenvalue weighted by Gasteiger charge is -2.21. The van der Waals surface area contributed by atoms with Crippen molar-refractivity contribution in [3.8, 4) is 0 Å². The monoisotopic (exact) mass is 288 g/mol. The minimum Gasteiger partial charge on any atom is -0.499 e. The molecule has 0 amide bonds. The molecule has 2 rings (SSSR count). The molecule has 5 N–H and O–H groups in total. The number of aliphatic hydroxyl groups is 3. The molecule has 3 atom stereocenters. The predicted octanol–water partition coefficient (Wildman–Crippen LogP) is -2.08. The first-order valence-electron chi connectivity index (χ1n) is 6.11. The van der Waals surface area contributed by atoms with Gasteiger partial charge in [0.15, 0.2) is 6.10 Å². The highest BCUT2D eigenvalue weighted by molar-refractivity contribution is 5.90. The molecule has 0 bridgehead atoms. The number of nitrogens with zero attached hydrogens (tertiary/aromatic N) is 1. The van der Waals surface area contributed by atoms with Crippen LogP contribution in [0.4, 0.5) is 0 Å². The van der Waals surface area contributed by atoms with Crippen molar-refractivity contribution in [1.82, 2.24) is 5.01 Å². The largest absolute Gasteiger partial charge is 0.499 e. The summed E-state index contributed by atoms with van der Waals surface area (Å²) in [5, 5.41) is 29.2. The van der Waals surface area contributed by atoms with Gasteiger partial charge in [-0.15, -0.1) is 0 Å². The first-order chi connectivity index (χ1) is 9.45. The first-order valence-corrected chi connectivity index (χ1v) is 6.11. The average Bonchev–Trinajstić information content (AvgIpc) is 2.96. The summed E-state index contributed by atoms with van der Waals surface area (Å²) in [6.07, 6.45) is -1.70. The van der Waals surface area contributed by atoms with E-state index in [9.17, 15) is 19.8 Å². The molecular weight excluding hydrogens is 272 g/mol. The number of hydrazine groups is 1. The highest BCUT2D eigenvalue weighted by Gasteiger charge is 2.43. The number of nitrogens with two attached hydrogens (primary N) is 1. The molecule has 0 aromatic rings. The zero-order valence-corrected chi connectivity index (χ0v) is 10.6. The van der Waals surface area contributed by atoms with Crippen LogP contribution in [-0.4, -0.2) is 63.7 Å². The van der Waals surface area contributed by atoms with Crippen molar-refractivity contribution < 1.29 is 34.4 Å². The Morgan fingerprint density at radius 3 is 2.85 bits per heavy atom. The smallest absolute Gasteiger partial charge is 0.378 e. The van der Waals surface area contributed by atoms with Crippen LogP contribution < -0.4 is 5.84 Å². The topological polar surface area (TPSA) is 143 Å². The van der Waals surface area contributed by atoms with E-state index in [0.29, 0.717) is 13.0 Å². The average molecular weight is 288 g/mol. The van der Waals surface area contributed by atoms with Crippen molar-refractivity contribution in [2.24, 2.45) is 5.84 Å². The summed E-state index contributed by atoms with van der Waals surface area (Å²) in [6.45, 7) is -0.193. The molecule has 20 heavy (non-hydrogen) atoms. The van der Waals surface area contributed by atoms with E-state index in [4.69, 9.17) is 15.7 Å². The molecule has 0 aromatic heterocycles. The molecule has 0 unspecified atom stereocenters. The number of cyclic esters (lactones) is 1. The van der Waals surface area contributed by atoms with Crippen molar-refractivity contribution in [2.75, 3.05) is 13.2 Å². The Kier molecular flexibility index (Phi) is 4.23. The van der Waals surface area contributed by atoms with Crippen molar-refractivity contribution >= 4 is 11.9 Å². The minimum absolute atomic E-state index is 0.491. The van der Waals surface area contributed by atoms with Crippen LogP contribution in [0.3, 0.4) is 0 Å². The van der Waals surface area contributed by atoms with Gasteiger partial charge in [0.2, 0.25) is 11.5 Å². The van der Waals surface area contributed by atoms with E-state index >= 15 is 0 Å². The number of rotatable bonds is 4. The van der Waals surface area contributed by atoms with E-state index < -0.39 is 48.3 Å². The van der Waals surface area contributed by atoms with Crippen LogP contribution in [0.25, 0.3) is 0 Å². The molecule has 2 aliphatic rings. The molecule has 1 saturated heterocycles. The predicted molar refractivity (Wildman–Crippen MR) is 62.6 cm³/mol. The number of carbonyl (C=O) groups excluding carboxylic acids is 2. The van der Waals surface area contributed by atoms with Crippen LogP contribution in [0.2, 0.25) is 0 Å². The Labute approximate surface area is 114 Å². The van der Waals surface area contributed by atoms with Crippen LogP contribution in [0.5, 0.6) is 0 Å². The molecule has 2 aliphatic heterocycles. The third-order valence-electron chi connectivity index (χ3n) is 3.23. The van der Waals surface area contributed by atoms with Crippen molar-refractivity contribution in [3.63, 3.8) is 0 Å². The third kappa shape index (κ3) is 2.61. The van der Waals surface area contributed by atoms with Gasteiger partial charge in [-0.1, -0.05) is 0 Å². The summed E-state index contributed by atoms with van der Waals surface area (Å²) in [7, 11) is 0.